The fourth-order valence-corrected chi connectivity index (χ4v) is 2.93. The van der Waals surface area contributed by atoms with Gasteiger partial charge in [-0.2, -0.15) is 13.2 Å². The Morgan fingerprint density at radius 2 is 1.68 bits per heavy atom. The van der Waals surface area contributed by atoms with Crippen LogP contribution in [-0.4, -0.2) is 30.4 Å². The maximum absolute atomic E-state index is 14.3. The molecule has 1 aliphatic heterocycles. The van der Waals surface area contributed by atoms with Crippen molar-refractivity contribution in [1.82, 2.24) is 4.90 Å². The molecule has 1 heterocycles. The second kappa shape index (κ2) is 7.46. The van der Waals surface area contributed by atoms with Crippen molar-refractivity contribution in [1.29, 1.82) is 0 Å². The van der Waals surface area contributed by atoms with Crippen LogP contribution in [0.1, 0.15) is 31.8 Å². The molecule has 0 bridgehead atoms. The summed E-state index contributed by atoms with van der Waals surface area (Å²) in [5.41, 5.74) is -0.345. The number of hydrogen-bond donors (Lipinski definition) is 0. The van der Waals surface area contributed by atoms with Gasteiger partial charge in [-0.05, 0) is 42.3 Å². The Balaban J connectivity index is 1.74. The van der Waals surface area contributed by atoms with Crippen LogP contribution in [0.2, 0.25) is 0 Å². The number of rotatable bonds is 5. The lowest BCUT2D eigenvalue weighted by Crippen LogP contribution is -2.31. The van der Waals surface area contributed by atoms with Crippen LogP contribution in [0.4, 0.5) is 17.6 Å². The molecule has 8 heteroatoms. The van der Waals surface area contributed by atoms with Crippen LogP contribution >= 0.6 is 0 Å². The molecule has 0 N–H and O–H groups in total. The number of allylic oxidation sites excluding steroid dienone is 1. The molecule has 0 radical (unpaired) electrons. The molecule has 146 valence electrons. The minimum atomic E-state index is -4.61. The average molecular weight is 393 g/mol. The molecule has 0 aromatic heterocycles. The molecular weight excluding hydrogens is 378 g/mol. The van der Waals surface area contributed by atoms with E-state index >= 15 is 0 Å². The molecule has 0 fully saturated rings. The van der Waals surface area contributed by atoms with Crippen molar-refractivity contribution < 1.29 is 31.9 Å². The van der Waals surface area contributed by atoms with Crippen LogP contribution in [0.25, 0.3) is 0 Å². The summed E-state index contributed by atoms with van der Waals surface area (Å²) < 4.78 is 58.1. The number of ether oxygens (including phenoxy) is 1. The van der Waals surface area contributed by atoms with E-state index in [1.54, 1.807) is 12.1 Å². The van der Waals surface area contributed by atoms with E-state index in [4.69, 9.17) is 4.74 Å². The maximum atomic E-state index is 14.3. The Labute approximate surface area is 158 Å². The summed E-state index contributed by atoms with van der Waals surface area (Å²) in [5.74, 6) is -2.33. The number of alkyl halides is 3. The molecule has 1 aliphatic rings. The van der Waals surface area contributed by atoms with Crippen molar-refractivity contribution >= 4 is 11.8 Å². The van der Waals surface area contributed by atoms with Crippen molar-refractivity contribution in [3.05, 3.63) is 76.6 Å². The third-order valence-electron chi connectivity index (χ3n) is 4.32. The van der Waals surface area contributed by atoms with Gasteiger partial charge in [0, 0.05) is 0 Å². The molecule has 2 amide bonds. The largest absolute Gasteiger partial charge is 0.496 e. The smallest absolute Gasteiger partial charge is 0.419 e. The first-order chi connectivity index (χ1) is 13.2. The molecule has 0 saturated carbocycles. The first kappa shape index (κ1) is 19.6. The van der Waals surface area contributed by atoms with Crippen molar-refractivity contribution in [2.45, 2.75) is 12.6 Å². The van der Waals surface area contributed by atoms with Gasteiger partial charge in [-0.25, -0.2) is 4.39 Å². The van der Waals surface area contributed by atoms with E-state index in [0.29, 0.717) is 0 Å². The fraction of sp³-hybridized carbons (Fsp3) is 0.200. The van der Waals surface area contributed by atoms with Crippen molar-refractivity contribution in [3.8, 4) is 5.75 Å². The Kier molecular flexibility index (Phi) is 5.22. The highest BCUT2D eigenvalue weighted by molar-refractivity contribution is 6.21. The number of carbonyl (C=O) groups is 2. The summed E-state index contributed by atoms with van der Waals surface area (Å²) in [6.07, 6.45) is -3.70. The molecule has 0 unspecified atom stereocenters. The predicted molar refractivity (Wildman–Crippen MR) is 92.7 cm³/mol. The molecule has 0 aliphatic carbocycles. The maximum Gasteiger partial charge on any atom is 0.419 e. The molecule has 0 spiro atoms. The van der Waals surface area contributed by atoms with Crippen LogP contribution < -0.4 is 4.74 Å². The summed E-state index contributed by atoms with van der Waals surface area (Å²) in [6, 6.07) is 9.59. The molecule has 28 heavy (non-hydrogen) atoms. The molecule has 2 aromatic rings. The molecule has 4 nitrogen and oxygen atoms in total. The molecule has 3 rings (SSSR count). The van der Waals surface area contributed by atoms with Gasteiger partial charge in [-0.1, -0.05) is 18.2 Å². The second-order valence-electron chi connectivity index (χ2n) is 6.13. The van der Waals surface area contributed by atoms with E-state index < -0.39 is 35.9 Å². The molecule has 2 aromatic carbocycles. The minimum Gasteiger partial charge on any atom is -0.496 e. The van der Waals surface area contributed by atoms with Crippen LogP contribution in [0, 0.1) is 0 Å². The Hall–Kier alpha value is -3.16. The number of hydrogen-bond acceptors (Lipinski definition) is 3. The quantitative estimate of drug-likeness (QED) is 0.559. The van der Waals surface area contributed by atoms with Crippen LogP contribution in [0.3, 0.4) is 0 Å². The van der Waals surface area contributed by atoms with Crippen LogP contribution in [-0.2, 0) is 12.6 Å². The van der Waals surface area contributed by atoms with E-state index in [9.17, 15) is 27.2 Å². The number of amides is 2. The molecular formula is C20H15F4NO3. The van der Waals surface area contributed by atoms with E-state index in [1.165, 1.54) is 18.2 Å². The number of fused-ring (bicyclic) bond motifs is 1. The zero-order valence-electron chi connectivity index (χ0n) is 14.7. The van der Waals surface area contributed by atoms with E-state index in [1.807, 2.05) is 0 Å². The Morgan fingerprint density at radius 3 is 2.21 bits per heavy atom. The number of carbonyl (C=O) groups excluding carboxylic acids is 2. The third-order valence-corrected chi connectivity index (χ3v) is 4.32. The highest BCUT2D eigenvalue weighted by atomic mass is 19.4. The van der Waals surface area contributed by atoms with Gasteiger partial charge in [-0.3, -0.25) is 14.5 Å². The standard InChI is InChI=1S/C20H15F4NO3/c1-28-17-9-7-12(10-16(17)20(22,23)24)6-8-13(21)11-25-18(26)14-4-2-3-5-15(14)19(25)27/h2-5,7-10H,6,11H2,1H3/b13-8-. The first-order valence-electron chi connectivity index (χ1n) is 8.26. The van der Waals surface area contributed by atoms with Gasteiger partial charge in [0.25, 0.3) is 11.8 Å². The van der Waals surface area contributed by atoms with Gasteiger partial charge in [0.1, 0.15) is 11.6 Å². The lowest BCUT2D eigenvalue weighted by molar-refractivity contribution is -0.138. The zero-order valence-corrected chi connectivity index (χ0v) is 14.7. The lowest BCUT2D eigenvalue weighted by atomic mass is 10.1. The van der Waals surface area contributed by atoms with E-state index in [-0.39, 0.29) is 28.9 Å². The summed E-state index contributed by atoms with van der Waals surface area (Å²) >= 11 is 0. The van der Waals surface area contributed by atoms with E-state index in [0.717, 1.165) is 30.2 Å². The number of methoxy groups -OCH3 is 1. The highest BCUT2D eigenvalue weighted by Gasteiger charge is 2.36. The minimum absolute atomic E-state index is 0.137. The van der Waals surface area contributed by atoms with Gasteiger partial charge in [-0.15, -0.1) is 0 Å². The number of halogens is 4. The Morgan fingerprint density at radius 1 is 1.07 bits per heavy atom. The van der Waals surface area contributed by atoms with Gasteiger partial charge in [0.15, 0.2) is 0 Å². The zero-order chi connectivity index (χ0) is 20.5. The Bertz CT molecular complexity index is 931. The van der Waals surface area contributed by atoms with E-state index in [2.05, 4.69) is 0 Å². The normalized spacial score (nSPS) is 14.5. The fourth-order valence-electron chi connectivity index (χ4n) is 2.93. The van der Waals surface area contributed by atoms with Gasteiger partial charge >= 0.3 is 6.18 Å². The second-order valence-corrected chi connectivity index (χ2v) is 6.13. The third kappa shape index (κ3) is 3.76. The number of imide groups is 1. The van der Waals surface area contributed by atoms with Crippen molar-refractivity contribution in [3.63, 3.8) is 0 Å². The summed E-state index contributed by atoms with van der Waals surface area (Å²) in [5, 5.41) is 0. The number of benzene rings is 2. The van der Waals surface area contributed by atoms with Gasteiger partial charge in [0.05, 0.1) is 30.3 Å². The summed E-state index contributed by atoms with van der Waals surface area (Å²) in [7, 11) is 1.13. The van der Waals surface area contributed by atoms with Crippen molar-refractivity contribution in [2.24, 2.45) is 0 Å². The molecule has 0 atom stereocenters. The monoisotopic (exact) mass is 393 g/mol. The SMILES string of the molecule is COc1ccc(C/C=C(\F)CN2C(=O)c3ccccc3C2=O)cc1C(F)(F)F. The van der Waals surface area contributed by atoms with Gasteiger partial charge in [0.2, 0.25) is 0 Å². The van der Waals surface area contributed by atoms with Crippen LogP contribution in [0.5, 0.6) is 5.75 Å². The topological polar surface area (TPSA) is 46.6 Å². The van der Waals surface area contributed by atoms with Gasteiger partial charge < -0.3 is 4.74 Å². The summed E-state index contributed by atoms with van der Waals surface area (Å²) in [4.78, 5) is 25.2. The number of nitrogens with zero attached hydrogens (tertiary/aromatic N) is 1. The average Bonchev–Trinajstić information content (AvgIpc) is 2.90. The predicted octanol–water partition coefficient (Wildman–Crippen LogP) is 4.41. The highest BCUT2D eigenvalue weighted by Crippen LogP contribution is 2.36. The molecule has 0 saturated heterocycles. The lowest BCUT2D eigenvalue weighted by Gasteiger charge is -2.13. The summed E-state index contributed by atoms with van der Waals surface area (Å²) in [6.45, 7) is -0.575. The van der Waals surface area contributed by atoms with Crippen LogP contribution in [0.15, 0.2) is 54.4 Å². The van der Waals surface area contributed by atoms with Crippen molar-refractivity contribution in [2.75, 3.05) is 13.7 Å². The first-order valence-corrected chi connectivity index (χ1v) is 8.26.